The van der Waals surface area contributed by atoms with E-state index < -0.39 is 0 Å². The molecule has 0 heterocycles. The second-order valence-electron chi connectivity index (χ2n) is 4.54. The van der Waals surface area contributed by atoms with Crippen LogP contribution in [0.25, 0.3) is 0 Å². The van der Waals surface area contributed by atoms with E-state index >= 15 is 0 Å². The van der Waals surface area contributed by atoms with Crippen molar-refractivity contribution in [3.8, 4) is 0 Å². The van der Waals surface area contributed by atoms with Gasteiger partial charge in [0.2, 0.25) is 0 Å². The van der Waals surface area contributed by atoms with Crippen molar-refractivity contribution < 1.29 is 0 Å². The number of thiocarbonyl (C=S) groups is 1. The van der Waals surface area contributed by atoms with E-state index in [1.807, 2.05) is 0 Å². The zero-order chi connectivity index (χ0) is 15.4. The molecule has 21 heavy (non-hydrogen) atoms. The van der Waals surface area contributed by atoms with Gasteiger partial charge in [0.25, 0.3) is 0 Å². The monoisotopic (exact) mass is 358 g/mol. The fourth-order valence-electron chi connectivity index (χ4n) is 1.67. The van der Waals surface area contributed by atoms with E-state index in [9.17, 15) is 0 Å². The number of nitrogens with one attached hydrogen (secondary N) is 2. The summed E-state index contributed by atoms with van der Waals surface area (Å²) in [4.78, 5) is 0. The second-order valence-corrected chi connectivity index (χ2v) is 6.17. The molecule has 2 N–H and O–H groups in total. The summed E-state index contributed by atoms with van der Waals surface area (Å²) in [5.41, 5.74) is 2.99. The van der Waals surface area contributed by atoms with Crippen LogP contribution < -0.4 is 10.6 Å². The number of aryl methyl sites for hydroxylation is 1. The highest BCUT2D eigenvalue weighted by atomic mass is 35.5. The quantitative estimate of drug-likeness (QED) is 0.563. The molecule has 0 atom stereocenters. The normalized spacial score (nSPS) is 10.3. The molecule has 0 saturated carbocycles. The fraction of sp³-hybridized carbons (Fsp3) is 0.133. The van der Waals surface area contributed by atoms with E-state index in [-0.39, 0.29) is 0 Å². The van der Waals surface area contributed by atoms with Crippen molar-refractivity contribution in [1.82, 2.24) is 5.32 Å². The molecule has 0 fully saturated rings. The van der Waals surface area contributed by atoms with E-state index in [0.717, 1.165) is 5.56 Å². The van der Waals surface area contributed by atoms with Gasteiger partial charge in [-0.1, -0.05) is 64.6 Å². The van der Waals surface area contributed by atoms with E-state index in [4.69, 9.17) is 47.0 Å². The van der Waals surface area contributed by atoms with E-state index in [1.54, 1.807) is 12.1 Å². The molecule has 0 saturated heterocycles. The van der Waals surface area contributed by atoms with Crippen molar-refractivity contribution in [2.75, 3.05) is 5.32 Å². The van der Waals surface area contributed by atoms with Crippen molar-refractivity contribution in [2.45, 2.75) is 13.5 Å². The lowest BCUT2D eigenvalue weighted by Gasteiger charge is -2.12. The van der Waals surface area contributed by atoms with Gasteiger partial charge in [-0.3, -0.25) is 0 Å². The Morgan fingerprint density at radius 3 is 2.29 bits per heavy atom. The number of rotatable bonds is 3. The largest absolute Gasteiger partial charge is 0.358 e. The lowest BCUT2D eigenvalue weighted by Crippen LogP contribution is -2.28. The lowest BCUT2D eigenvalue weighted by molar-refractivity contribution is 0.925. The minimum absolute atomic E-state index is 0.408. The molecule has 0 aliphatic rings. The first-order chi connectivity index (χ1) is 9.95. The Labute approximate surface area is 144 Å². The average Bonchev–Trinajstić information content (AvgIpc) is 2.44. The maximum Gasteiger partial charge on any atom is 0.171 e. The number of benzene rings is 2. The number of hydrogen-bond donors (Lipinski definition) is 2. The maximum atomic E-state index is 6.09. The Kier molecular flexibility index (Phi) is 5.71. The summed E-state index contributed by atoms with van der Waals surface area (Å²) >= 11 is 23.2. The molecule has 0 aliphatic heterocycles. The highest BCUT2D eigenvalue weighted by molar-refractivity contribution is 7.80. The van der Waals surface area contributed by atoms with Crippen LogP contribution >= 0.6 is 47.0 Å². The molecular weight excluding hydrogens is 347 g/mol. The van der Waals surface area contributed by atoms with Gasteiger partial charge in [0.1, 0.15) is 0 Å². The van der Waals surface area contributed by atoms with E-state index in [2.05, 4.69) is 41.8 Å². The van der Waals surface area contributed by atoms with Gasteiger partial charge in [-0.15, -0.1) is 0 Å². The van der Waals surface area contributed by atoms with Crippen molar-refractivity contribution in [3.05, 3.63) is 62.6 Å². The van der Waals surface area contributed by atoms with Gasteiger partial charge in [0.15, 0.2) is 5.11 Å². The van der Waals surface area contributed by atoms with Gasteiger partial charge in [-0.2, -0.15) is 0 Å². The molecule has 2 aromatic rings. The smallest absolute Gasteiger partial charge is 0.171 e. The zero-order valence-corrected chi connectivity index (χ0v) is 14.3. The first-order valence-corrected chi connectivity index (χ1v) is 7.75. The van der Waals surface area contributed by atoms with Crippen LogP contribution in [0.5, 0.6) is 0 Å². The summed E-state index contributed by atoms with van der Waals surface area (Å²) in [6.07, 6.45) is 0. The van der Waals surface area contributed by atoms with Crippen LogP contribution in [0.2, 0.25) is 15.1 Å². The summed E-state index contributed by atoms with van der Waals surface area (Å²) in [6, 6.07) is 11.4. The molecule has 2 nitrogen and oxygen atoms in total. The van der Waals surface area contributed by atoms with Crippen molar-refractivity contribution in [1.29, 1.82) is 0 Å². The van der Waals surface area contributed by atoms with Gasteiger partial charge < -0.3 is 10.6 Å². The number of anilines is 1. The molecule has 0 unspecified atom stereocenters. The Balaban J connectivity index is 1.96. The SMILES string of the molecule is Cc1ccc(CNC(=S)Nc2cc(Cl)c(Cl)cc2Cl)cc1. The molecule has 2 rings (SSSR count). The summed E-state index contributed by atoms with van der Waals surface area (Å²) in [5.74, 6) is 0. The summed E-state index contributed by atoms with van der Waals surface area (Å²) in [7, 11) is 0. The minimum atomic E-state index is 0.408. The highest BCUT2D eigenvalue weighted by Gasteiger charge is 2.07. The molecule has 2 aromatic carbocycles. The Morgan fingerprint density at radius 1 is 1.00 bits per heavy atom. The minimum Gasteiger partial charge on any atom is -0.358 e. The molecule has 0 aromatic heterocycles. The Morgan fingerprint density at radius 2 is 1.62 bits per heavy atom. The van der Waals surface area contributed by atoms with Crippen LogP contribution in [0.15, 0.2) is 36.4 Å². The van der Waals surface area contributed by atoms with Gasteiger partial charge in [-0.05, 0) is 36.8 Å². The zero-order valence-electron chi connectivity index (χ0n) is 11.2. The molecule has 0 bridgehead atoms. The molecule has 6 heteroatoms. The fourth-order valence-corrected chi connectivity index (χ4v) is 2.45. The van der Waals surface area contributed by atoms with Crippen LogP contribution in [-0.4, -0.2) is 5.11 Å². The average molecular weight is 360 g/mol. The van der Waals surface area contributed by atoms with Crippen LogP contribution in [-0.2, 0) is 6.54 Å². The van der Waals surface area contributed by atoms with Crippen molar-refractivity contribution in [2.24, 2.45) is 0 Å². The summed E-state index contributed by atoms with van der Waals surface area (Å²) in [6.45, 7) is 2.68. The van der Waals surface area contributed by atoms with E-state index in [1.165, 1.54) is 5.56 Å². The predicted molar refractivity (Wildman–Crippen MR) is 95.7 cm³/mol. The van der Waals surface area contributed by atoms with Gasteiger partial charge in [0, 0.05) is 6.54 Å². The first kappa shape index (κ1) is 16.4. The van der Waals surface area contributed by atoms with Gasteiger partial charge >= 0.3 is 0 Å². The van der Waals surface area contributed by atoms with Gasteiger partial charge in [0.05, 0.1) is 20.8 Å². The topological polar surface area (TPSA) is 24.1 Å². The van der Waals surface area contributed by atoms with Gasteiger partial charge in [-0.25, -0.2) is 0 Å². The van der Waals surface area contributed by atoms with Crippen molar-refractivity contribution in [3.63, 3.8) is 0 Å². The predicted octanol–water partition coefficient (Wildman–Crippen LogP) is 5.44. The Bertz CT molecular complexity index is 657. The maximum absolute atomic E-state index is 6.09. The highest BCUT2D eigenvalue weighted by Crippen LogP contribution is 2.32. The third-order valence-electron chi connectivity index (χ3n) is 2.83. The van der Waals surface area contributed by atoms with Crippen molar-refractivity contribution >= 4 is 57.8 Å². The molecule has 110 valence electrons. The second kappa shape index (κ2) is 7.32. The molecule has 0 spiro atoms. The summed E-state index contributed by atoms with van der Waals surface area (Å²) < 4.78 is 0. The van der Waals surface area contributed by atoms with Crippen LogP contribution in [0, 0.1) is 6.92 Å². The van der Waals surface area contributed by atoms with Crippen LogP contribution in [0.3, 0.4) is 0 Å². The Hall–Kier alpha value is -1.00. The lowest BCUT2D eigenvalue weighted by atomic mass is 10.1. The molecular formula is C15H13Cl3N2S. The third-order valence-corrected chi connectivity index (χ3v) is 4.11. The molecule has 0 amide bonds. The number of hydrogen-bond acceptors (Lipinski definition) is 1. The molecule has 0 aliphatic carbocycles. The number of halogens is 3. The van der Waals surface area contributed by atoms with Crippen LogP contribution in [0.1, 0.15) is 11.1 Å². The third kappa shape index (κ3) is 4.75. The summed E-state index contributed by atoms with van der Waals surface area (Å²) in [5, 5.41) is 7.88. The molecule has 0 radical (unpaired) electrons. The van der Waals surface area contributed by atoms with Crippen LogP contribution in [0.4, 0.5) is 5.69 Å². The van der Waals surface area contributed by atoms with E-state index in [0.29, 0.717) is 32.4 Å². The standard InChI is InChI=1S/C15H13Cl3N2S/c1-9-2-4-10(5-3-9)8-19-15(21)20-14-7-12(17)11(16)6-13(14)18/h2-7H,8H2,1H3,(H2,19,20,21). The first-order valence-electron chi connectivity index (χ1n) is 6.20.